The lowest BCUT2D eigenvalue weighted by atomic mass is 10.1. The fourth-order valence-corrected chi connectivity index (χ4v) is 3.00. The highest BCUT2D eigenvalue weighted by molar-refractivity contribution is 5.97. The molecule has 3 rings (SSSR count). The van der Waals surface area contributed by atoms with E-state index in [0.717, 1.165) is 19.3 Å². The molecule has 2 bridgehead atoms. The Morgan fingerprint density at radius 1 is 1.37 bits per heavy atom. The van der Waals surface area contributed by atoms with Crippen LogP contribution in [0.4, 0.5) is 20.6 Å². The van der Waals surface area contributed by atoms with E-state index in [1.165, 1.54) is 13.2 Å². The van der Waals surface area contributed by atoms with Crippen LogP contribution in [0.25, 0.3) is 11.3 Å². The first-order valence-corrected chi connectivity index (χ1v) is 8.78. The number of nitrogens with one attached hydrogen (secondary N) is 3. The molecule has 144 valence electrons. The van der Waals surface area contributed by atoms with Gasteiger partial charge in [-0.15, -0.1) is 0 Å². The Labute approximate surface area is 155 Å². The molecule has 1 aromatic heterocycles. The predicted molar refractivity (Wildman–Crippen MR) is 98.7 cm³/mol. The fraction of sp³-hybridized carbons (Fsp3) is 0.389. The minimum atomic E-state index is -0.648. The van der Waals surface area contributed by atoms with Crippen molar-refractivity contribution in [2.75, 3.05) is 17.7 Å². The van der Waals surface area contributed by atoms with E-state index < -0.39 is 18.1 Å². The highest BCUT2D eigenvalue weighted by atomic mass is 19.1. The first-order chi connectivity index (χ1) is 13.0. The van der Waals surface area contributed by atoms with Crippen LogP contribution in [0, 0.1) is 5.95 Å². The Hall–Kier alpha value is -2.94. The number of hydrogen-bond acceptors (Lipinski definition) is 5. The number of amides is 2. The number of benzene rings is 1. The van der Waals surface area contributed by atoms with E-state index in [2.05, 4.69) is 25.3 Å². The highest BCUT2D eigenvalue weighted by Crippen LogP contribution is 2.33. The van der Waals surface area contributed by atoms with Crippen molar-refractivity contribution in [3.8, 4) is 11.3 Å². The van der Waals surface area contributed by atoms with Crippen LogP contribution in [-0.2, 0) is 9.53 Å². The van der Waals surface area contributed by atoms with Crippen LogP contribution >= 0.6 is 0 Å². The van der Waals surface area contributed by atoms with E-state index in [4.69, 9.17) is 5.73 Å². The van der Waals surface area contributed by atoms with Crippen molar-refractivity contribution < 1.29 is 18.7 Å². The van der Waals surface area contributed by atoms with Gasteiger partial charge in [0.25, 0.3) is 0 Å². The number of rotatable bonds is 1. The third-order valence-electron chi connectivity index (χ3n) is 4.43. The number of ether oxygens (including phenoxy) is 1. The summed E-state index contributed by atoms with van der Waals surface area (Å²) >= 11 is 0. The summed E-state index contributed by atoms with van der Waals surface area (Å²) in [6.07, 6.45) is 2.75. The van der Waals surface area contributed by atoms with Crippen LogP contribution in [0.2, 0.25) is 0 Å². The molecule has 27 heavy (non-hydrogen) atoms. The average molecular weight is 375 g/mol. The summed E-state index contributed by atoms with van der Waals surface area (Å²) in [6, 6.07) is 4.29. The first kappa shape index (κ1) is 18.8. The molecule has 0 aliphatic carbocycles. The monoisotopic (exact) mass is 375 g/mol. The van der Waals surface area contributed by atoms with Crippen molar-refractivity contribution >= 4 is 23.4 Å². The molecule has 5 N–H and O–H groups in total. The lowest BCUT2D eigenvalue weighted by Crippen LogP contribution is -2.14. The second-order valence-corrected chi connectivity index (χ2v) is 6.42. The van der Waals surface area contributed by atoms with Crippen LogP contribution in [0.1, 0.15) is 44.0 Å². The van der Waals surface area contributed by atoms with Gasteiger partial charge < -0.3 is 20.8 Å². The minimum Gasteiger partial charge on any atom is -0.453 e. The summed E-state index contributed by atoms with van der Waals surface area (Å²) in [6.45, 7) is 0. The molecule has 0 spiro atoms. The smallest absolute Gasteiger partial charge is 0.411 e. The summed E-state index contributed by atoms with van der Waals surface area (Å²) in [7, 11) is 1.25. The van der Waals surface area contributed by atoms with Gasteiger partial charge in [-0.05, 0) is 31.0 Å². The molecule has 2 heterocycles. The Morgan fingerprint density at radius 2 is 2.19 bits per heavy atom. The van der Waals surface area contributed by atoms with Gasteiger partial charge in [0.15, 0.2) is 0 Å². The molecule has 2 aromatic rings. The lowest BCUT2D eigenvalue weighted by molar-refractivity contribution is -0.116. The number of methoxy groups -OCH3 is 1. The van der Waals surface area contributed by atoms with Crippen molar-refractivity contribution in [1.82, 2.24) is 9.97 Å². The third kappa shape index (κ3) is 4.43. The van der Waals surface area contributed by atoms with E-state index >= 15 is 0 Å². The summed E-state index contributed by atoms with van der Waals surface area (Å²) in [5.41, 5.74) is 7.32. The number of H-pyrrole nitrogens is 1. The second kappa shape index (κ2) is 8.17. The largest absolute Gasteiger partial charge is 0.453 e. The fourth-order valence-electron chi connectivity index (χ4n) is 3.00. The van der Waals surface area contributed by atoms with Crippen LogP contribution in [-0.4, -0.2) is 29.1 Å². The zero-order valence-electron chi connectivity index (χ0n) is 15.0. The highest BCUT2D eigenvalue weighted by Gasteiger charge is 2.21. The van der Waals surface area contributed by atoms with Gasteiger partial charge in [0.1, 0.15) is 11.5 Å². The average Bonchev–Trinajstić information content (AvgIpc) is 3.02. The van der Waals surface area contributed by atoms with Crippen LogP contribution in [0.15, 0.2) is 18.2 Å². The quantitative estimate of drug-likeness (QED) is 0.609. The van der Waals surface area contributed by atoms with E-state index in [9.17, 15) is 14.0 Å². The van der Waals surface area contributed by atoms with Gasteiger partial charge in [-0.25, -0.2) is 9.78 Å². The zero-order valence-corrected chi connectivity index (χ0v) is 15.0. The molecule has 0 radical (unpaired) electrons. The maximum absolute atomic E-state index is 14.5. The van der Waals surface area contributed by atoms with Gasteiger partial charge >= 0.3 is 6.09 Å². The van der Waals surface area contributed by atoms with E-state index in [0.29, 0.717) is 35.6 Å². The van der Waals surface area contributed by atoms with Gasteiger partial charge in [0, 0.05) is 17.7 Å². The number of nitrogens with zero attached hydrogens (tertiary/aromatic N) is 1. The number of imidazole rings is 1. The molecule has 8 nitrogen and oxygen atoms in total. The Kier molecular flexibility index (Phi) is 5.70. The molecule has 0 fully saturated rings. The zero-order chi connectivity index (χ0) is 19.4. The summed E-state index contributed by atoms with van der Waals surface area (Å²) in [5.74, 6) is -0.441. The molecule has 0 saturated carbocycles. The maximum Gasteiger partial charge on any atom is 0.411 e. The topological polar surface area (TPSA) is 122 Å². The molecule has 1 atom stereocenters. The summed E-state index contributed by atoms with van der Waals surface area (Å²) in [4.78, 5) is 30.6. The summed E-state index contributed by atoms with van der Waals surface area (Å²) < 4.78 is 19.1. The van der Waals surface area contributed by atoms with Crippen molar-refractivity contribution in [3.05, 3.63) is 30.0 Å². The van der Waals surface area contributed by atoms with Crippen molar-refractivity contribution in [1.29, 1.82) is 0 Å². The number of fused-ring (bicyclic) bond motifs is 4. The van der Waals surface area contributed by atoms with Gasteiger partial charge in [-0.3, -0.25) is 10.1 Å². The second-order valence-electron chi connectivity index (χ2n) is 6.42. The number of nitrogens with two attached hydrogens (primary N) is 1. The third-order valence-corrected chi connectivity index (χ3v) is 4.43. The SMILES string of the molecule is COC(=O)Nc1ccc2c(c1)NC(=O)CCCCC[C@H](N)c1nc-2c(F)[nH]1. The van der Waals surface area contributed by atoms with Gasteiger partial charge in [0.05, 0.1) is 18.8 Å². The van der Waals surface area contributed by atoms with Crippen LogP contribution in [0.5, 0.6) is 0 Å². The van der Waals surface area contributed by atoms with E-state index in [1.807, 2.05) is 0 Å². The predicted octanol–water partition coefficient (Wildman–Crippen LogP) is 3.30. The Bertz CT molecular complexity index is 852. The van der Waals surface area contributed by atoms with E-state index in [1.54, 1.807) is 12.1 Å². The maximum atomic E-state index is 14.5. The van der Waals surface area contributed by atoms with Gasteiger partial charge in [-0.2, -0.15) is 4.39 Å². The van der Waals surface area contributed by atoms with Crippen molar-refractivity contribution in [2.45, 2.75) is 38.1 Å². The summed E-state index contributed by atoms with van der Waals surface area (Å²) in [5, 5.41) is 5.31. The number of carbonyl (C=O) groups excluding carboxylic acids is 2. The molecule has 1 aromatic carbocycles. The number of carbonyl (C=O) groups is 2. The van der Waals surface area contributed by atoms with Crippen LogP contribution < -0.4 is 16.4 Å². The van der Waals surface area contributed by atoms with Gasteiger partial charge in [0.2, 0.25) is 11.9 Å². The number of aromatic nitrogens is 2. The lowest BCUT2D eigenvalue weighted by Gasteiger charge is -2.12. The molecular formula is C18H22FN5O3. The number of anilines is 2. The molecule has 2 amide bonds. The first-order valence-electron chi connectivity index (χ1n) is 8.78. The normalized spacial score (nSPS) is 17.6. The Morgan fingerprint density at radius 3 is 2.96 bits per heavy atom. The molecular weight excluding hydrogens is 353 g/mol. The number of aromatic amines is 1. The molecule has 9 heteroatoms. The Balaban J connectivity index is 2.04. The standard InChI is InChI=1S/C18H22FN5O3/c1-27-18(26)21-10-7-8-11-13(9-10)22-14(25)6-4-2-3-5-12(20)17-23-15(11)16(19)24-17/h7-9,12H,2-6,20H2,1H3,(H,21,26)(H,22,25)(H,23,24)/t12-/m0/s1. The molecule has 0 unspecified atom stereocenters. The van der Waals surface area contributed by atoms with Crippen LogP contribution in [0.3, 0.4) is 0 Å². The molecule has 1 aliphatic heterocycles. The number of halogens is 1. The number of hydrogen-bond donors (Lipinski definition) is 4. The van der Waals surface area contributed by atoms with Crippen molar-refractivity contribution in [3.63, 3.8) is 0 Å². The minimum absolute atomic E-state index is 0.0691. The van der Waals surface area contributed by atoms with Gasteiger partial charge in [-0.1, -0.05) is 12.8 Å². The van der Waals surface area contributed by atoms with E-state index in [-0.39, 0.29) is 11.6 Å². The molecule has 1 aliphatic rings. The molecule has 0 saturated heterocycles. The van der Waals surface area contributed by atoms with Crippen molar-refractivity contribution in [2.24, 2.45) is 5.73 Å².